The number of hydrogen-bond acceptors (Lipinski definition) is 6. The Bertz CT molecular complexity index is 913. The van der Waals surface area contributed by atoms with Crippen molar-refractivity contribution in [2.75, 3.05) is 18.5 Å². The topological polar surface area (TPSA) is 77.8 Å². The van der Waals surface area contributed by atoms with Gasteiger partial charge in [0.25, 0.3) is 5.91 Å². The van der Waals surface area contributed by atoms with E-state index in [0.29, 0.717) is 9.88 Å². The van der Waals surface area contributed by atoms with E-state index >= 15 is 0 Å². The Morgan fingerprint density at radius 1 is 1.11 bits per heavy atom. The number of benzene rings is 1. The summed E-state index contributed by atoms with van der Waals surface area (Å²) < 4.78 is 15.8. The van der Waals surface area contributed by atoms with Crippen LogP contribution in [0.2, 0.25) is 0 Å². The van der Waals surface area contributed by atoms with E-state index in [1.807, 2.05) is 31.2 Å². The fourth-order valence-electron chi connectivity index (χ4n) is 2.32. The summed E-state index contributed by atoms with van der Waals surface area (Å²) in [5, 5.41) is 3.26. The van der Waals surface area contributed by atoms with Gasteiger partial charge in [-0.3, -0.25) is 4.79 Å². The number of amides is 1. The van der Waals surface area contributed by atoms with Crippen LogP contribution in [0.25, 0.3) is 0 Å². The van der Waals surface area contributed by atoms with E-state index in [0.717, 1.165) is 28.2 Å². The lowest BCUT2D eigenvalue weighted by atomic mass is 10.2. The van der Waals surface area contributed by atoms with Gasteiger partial charge < -0.3 is 19.2 Å². The van der Waals surface area contributed by atoms with E-state index in [-0.39, 0.29) is 24.9 Å². The van der Waals surface area contributed by atoms with Gasteiger partial charge in [-0.2, -0.15) is 0 Å². The van der Waals surface area contributed by atoms with Crippen LogP contribution in [0.3, 0.4) is 0 Å². The third kappa shape index (κ3) is 4.98. The SMILES string of the molecule is Cc1ccc(OCCOC(=O)c2sc(NC(=O)c3ccco3)cc2C)cc1. The quantitative estimate of drug-likeness (QED) is 0.480. The fourth-order valence-corrected chi connectivity index (χ4v) is 3.28. The molecule has 2 aromatic heterocycles. The van der Waals surface area contributed by atoms with Crippen LogP contribution in [0.1, 0.15) is 31.4 Å². The number of rotatable bonds is 7. The number of carbonyl (C=O) groups excluding carboxylic acids is 2. The molecule has 1 aromatic carbocycles. The van der Waals surface area contributed by atoms with Gasteiger partial charge >= 0.3 is 5.97 Å². The summed E-state index contributed by atoms with van der Waals surface area (Å²) in [5.41, 5.74) is 1.89. The Balaban J connectivity index is 1.50. The van der Waals surface area contributed by atoms with Crippen LogP contribution in [-0.4, -0.2) is 25.1 Å². The normalized spacial score (nSPS) is 10.4. The third-order valence-corrected chi connectivity index (χ3v) is 4.82. The molecule has 0 bridgehead atoms. The van der Waals surface area contributed by atoms with E-state index in [1.165, 1.54) is 6.26 Å². The van der Waals surface area contributed by atoms with Gasteiger partial charge in [-0.15, -0.1) is 11.3 Å². The Hall–Kier alpha value is -3.06. The Labute approximate surface area is 160 Å². The molecule has 0 saturated heterocycles. The van der Waals surface area contributed by atoms with Crippen LogP contribution < -0.4 is 10.1 Å². The van der Waals surface area contributed by atoms with Gasteiger partial charge in [-0.1, -0.05) is 17.7 Å². The molecule has 0 radical (unpaired) electrons. The third-order valence-electron chi connectivity index (χ3n) is 3.69. The summed E-state index contributed by atoms with van der Waals surface area (Å²) in [7, 11) is 0. The molecule has 0 spiro atoms. The highest BCUT2D eigenvalue weighted by Crippen LogP contribution is 2.27. The highest BCUT2D eigenvalue weighted by atomic mass is 32.1. The van der Waals surface area contributed by atoms with Gasteiger partial charge in [-0.05, 0) is 49.7 Å². The second-order valence-corrected chi connectivity index (χ2v) is 6.90. The molecule has 2 heterocycles. The van der Waals surface area contributed by atoms with Crippen molar-refractivity contribution in [2.45, 2.75) is 13.8 Å². The number of thiophene rings is 1. The van der Waals surface area contributed by atoms with Gasteiger partial charge in [0.2, 0.25) is 0 Å². The molecule has 0 atom stereocenters. The van der Waals surface area contributed by atoms with E-state index in [2.05, 4.69) is 5.32 Å². The van der Waals surface area contributed by atoms with Gasteiger partial charge in [-0.25, -0.2) is 4.79 Å². The van der Waals surface area contributed by atoms with Crippen LogP contribution in [0, 0.1) is 13.8 Å². The minimum Gasteiger partial charge on any atom is -0.490 e. The summed E-state index contributed by atoms with van der Waals surface area (Å²) in [4.78, 5) is 24.7. The summed E-state index contributed by atoms with van der Waals surface area (Å²) in [6, 6.07) is 12.6. The molecule has 140 valence electrons. The second kappa shape index (κ2) is 8.55. The van der Waals surface area contributed by atoms with Crippen LogP contribution in [-0.2, 0) is 4.74 Å². The van der Waals surface area contributed by atoms with Crippen LogP contribution in [0.5, 0.6) is 5.75 Å². The van der Waals surface area contributed by atoms with E-state index in [9.17, 15) is 9.59 Å². The lowest BCUT2D eigenvalue weighted by Gasteiger charge is -2.07. The molecule has 7 heteroatoms. The zero-order valence-corrected chi connectivity index (χ0v) is 15.8. The average Bonchev–Trinajstić information content (AvgIpc) is 3.30. The van der Waals surface area contributed by atoms with Gasteiger partial charge in [0.1, 0.15) is 23.8 Å². The molecule has 0 fully saturated rings. The zero-order valence-electron chi connectivity index (χ0n) is 15.0. The van der Waals surface area contributed by atoms with Crippen molar-refractivity contribution in [3.63, 3.8) is 0 Å². The maximum atomic E-state index is 12.3. The minimum absolute atomic E-state index is 0.137. The lowest BCUT2D eigenvalue weighted by Crippen LogP contribution is -2.12. The van der Waals surface area contributed by atoms with Crippen molar-refractivity contribution in [2.24, 2.45) is 0 Å². The first-order valence-corrected chi connectivity index (χ1v) is 9.16. The largest absolute Gasteiger partial charge is 0.490 e. The standard InChI is InChI=1S/C20H19NO5S/c1-13-5-7-15(8-6-13)24-10-11-26-20(23)18-14(2)12-17(27-18)21-19(22)16-4-3-9-25-16/h3-9,12H,10-11H2,1-2H3,(H,21,22). The molecule has 1 amide bonds. The van der Waals surface area contributed by atoms with E-state index in [4.69, 9.17) is 13.9 Å². The predicted octanol–water partition coefficient (Wildman–Crippen LogP) is 4.45. The molecule has 0 aliphatic rings. The molecule has 3 rings (SSSR count). The minimum atomic E-state index is -0.441. The highest BCUT2D eigenvalue weighted by Gasteiger charge is 2.17. The van der Waals surface area contributed by atoms with Crippen LogP contribution in [0.15, 0.2) is 53.1 Å². The molecule has 6 nitrogen and oxygen atoms in total. The first-order valence-electron chi connectivity index (χ1n) is 8.35. The fraction of sp³-hybridized carbons (Fsp3) is 0.200. The van der Waals surface area contributed by atoms with Crippen molar-refractivity contribution in [1.82, 2.24) is 0 Å². The Kier molecular flexibility index (Phi) is 5.93. The number of hydrogen-bond donors (Lipinski definition) is 1. The molecule has 3 aromatic rings. The van der Waals surface area contributed by atoms with Crippen molar-refractivity contribution in [3.8, 4) is 5.75 Å². The number of carbonyl (C=O) groups is 2. The molecule has 27 heavy (non-hydrogen) atoms. The molecule has 0 aliphatic carbocycles. The van der Waals surface area contributed by atoms with Gasteiger partial charge in [0, 0.05) is 0 Å². The number of ether oxygens (including phenoxy) is 2. The van der Waals surface area contributed by atoms with Crippen LogP contribution in [0.4, 0.5) is 5.00 Å². The zero-order chi connectivity index (χ0) is 19.2. The number of anilines is 1. The monoisotopic (exact) mass is 385 g/mol. The highest BCUT2D eigenvalue weighted by molar-refractivity contribution is 7.18. The van der Waals surface area contributed by atoms with Crippen LogP contribution >= 0.6 is 11.3 Å². The molecular formula is C20H19NO5S. The van der Waals surface area contributed by atoms with Gasteiger partial charge in [0.15, 0.2) is 5.76 Å². The Morgan fingerprint density at radius 3 is 2.59 bits per heavy atom. The first kappa shape index (κ1) is 18.7. The number of aryl methyl sites for hydroxylation is 2. The number of nitrogens with one attached hydrogen (secondary N) is 1. The van der Waals surface area contributed by atoms with Crippen molar-refractivity contribution >= 4 is 28.2 Å². The van der Waals surface area contributed by atoms with Crippen molar-refractivity contribution in [3.05, 3.63) is 70.5 Å². The lowest BCUT2D eigenvalue weighted by molar-refractivity contribution is 0.0455. The van der Waals surface area contributed by atoms with Gasteiger partial charge in [0.05, 0.1) is 11.3 Å². The second-order valence-electron chi connectivity index (χ2n) is 5.85. The summed E-state index contributed by atoms with van der Waals surface area (Å²) in [5.74, 6) is 0.126. The maximum absolute atomic E-state index is 12.3. The maximum Gasteiger partial charge on any atom is 0.348 e. The summed E-state index contributed by atoms with van der Waals surface area (Å²) in [6.45, 7) is 4.19. The molecule has 0 saturated carbocycles. The first-order chi connectivity index (χ1) is 13.0. The number of esters is 1. The molecular weight excluding hydrogens is 366 g/mol. The predicted molar refractivity (Wildman–Crippen MR) is 103 cm³/mol. The Morgan fingerprint density at radius 2 is 1.89 bits per heavy atom. The molecule has 0 unspecified atom stereocenters. The molecule has 1 N–H and O–H groups in total. The van der Waals surface area contributed by atoms with Crippen molar-refractivity contribution < 1.29 is 23.5 Å². The van der Waals surface area contributed by atoms with E-state index < -0.39 is 5.97 Å². The number of furan rings is 1. The summed E-state index contributed by atoms with van der Waals surface area (Å²) in [6.07, 6.45) is 1.43. The smallest absolute Gasteiger partial charge is 0.348 e. The summed E-state index contributed by atoms with van der Waals surface area (Å²) >= 11 is 1.16. The molecule has 0 aliphatic heterocycles. The van der Waals surface area contributed by atoms with E-state index in [1.54, 1.807) is 25.1 Å². The van der Waals surface area contributed by atoms with Crippen molar-refractivity contribution in [1.29, 1.82) is 0 Å². The average molecular weight is 385 g/mol.